The van der Waals surface area contributed by atoms with E-state index in [-0.39, 0.29) is 12.0 Å². The Balaban J connectivity index is 1.78. The van der Waals surface area contributed by atoms with E-state index in [1.165, 1.54) is 48.1 Å². The molecular weight excluding hydrogens is 328 g/mol. The Morgan fingerprint density at radius 1 is 1.24 bits per heavy atom. The summed E-state index contributed by atoms with van der Waals surface area (Å²) in [7, 11) is 0. The Bertz CT molecular complexity index is 742. The van der Waals surface area contributed by atoms with Crippen molar-refractivity contribution in [3.05, 3.63) is 34.6 Å². The number of aliphatic hydroxyl groups excluding tert-OH is 1. The van der Waals surface area contributed by atoms with Gasteiger partial charge < -0.3 is 5.11 Å². The van der Waals surface area contributed by atoms with Crippen molar-refractivity contribution in [1.82, 2.24) is 9.97 Å². The SMILES string of the molecule is Cc1nc(CC/C=C/C(C)(C)CO)c2cc(C3CCCCC3)sc2n1. The molecule has 0 saturated heterocycles. The van der Waals surface area contributed by atoms with Gasteiger partial charge in [0.15, 0.2) is 0 Å². The second kappa shape index (κ2) is 7.96. The first-order valence-electron chi connectivity index (χ1n) is 9.54. The molecule has 136 valence electrons. The normalized spacial score (nSPS) is 17.0. The van der Waals surface area contributed by atoms with Crippen LogP contribution >= 0.6 is 11.3 Å². The van der Waals surface area contributed by atoms with Gasteiger partial charge in [-0.05, 0) is 44.6 Å². The van der Waals surface area contributed by atoms with Crippen LogP contribution in [0.2, 0.25) is 0 Å². The Morgan fingerprint density at radius 3 is 2.72 bits per heavy atom. The molecule has 2 aromatic rings. The van der Waals surface area contributed by atoms with Crippen molar-refractivity contribution in [2.24, 2.45) is 5.41 Å². The highest BCUT2D eigenvalue weighted by molar-refractivity contribution is 7.18. The highest BCUT2D eigenvalue weighted by atomic mass is 32.1. The number of nitrogens with zero attached hydrogens (tertiary/aromatic N) is 2. The lowest BCUT2D eigenvalue weighted by Crippen LogP contribution is -2.12. The number of fused-ring (bicyclic) bond motifs is 1. The zero-order valence-electron chi connectivity index (χ0n) is 15.7. The highest BCUT2D eigenvalue weighted by Crippen LogP contribution is 2.39. The van der Waals surface area contributed by atoms with Crippen LogP contribution in [-0.4, -0.2) is 21.7 Å². The quantitative estimate of drug-likeness (QED) is 0.688. The van der Waals surface area contributed by atoms with Gasteiger partial charge in [-0.3, -0.25) is 0 Å². The van der Waals surface area contributed by atoms with Crippen molar-refractivity contribution in [3.63, 3.8) is 0 Å². The van der Waals surface area contributed by atoms with E-state index in [1.54, 1.807) is 0 Å². The summed E-state index contributed by atoms with van der Waals surface area (Å²) in [5.41, 5.74) is 1.03. The molecule has 1 saturated carbocycles. The van der Waals surface area contributed by atoms with Crippen LogP contribution in [-0.2, 0) is 6.42 Å². The molecule has 1 aliphatic rings. The van der Waals surface area contributed by atoms with Crippen molar-refractivity contribution in [2.45, 2.75) is 71.6 Å². The molecule has 3 rings (SSSR count). The second-order valence-electron chi connectivity index (χ2n) is 8.01. The third-order valence-corrected chi connectivity index (χ3v) is 6.33. The maximum Gasteiger partial charge on any atom is 0.127 e. The first-order valence-corrected chi connectivity index (χ1v) is 10.4. The van der Waals surface area contributed by atoms with Gasteiger partial charge in [-0.15, -0.1) is 11.3 Å². The summed E-state index contributed by atoms with van der Waals surface area (Å²) in [6, 6.07) is 2.37. The van der Waals surface area contributed by atoms with Crippen LogP contribution in [0.3, 0.4) is 0 Å². The van der Waals surface area contributed by atoms with Crippen LogP contribution in [0.15, 0.2) is 18.2 Å². The number of rotatable bonds is 6. The molecule has 3 nitrogen and oxygen atoms in total. The highest BCUT2D eigenvalue weighted by Gasteiger charge is 2.19. The Hall–Kier alpha value is -1.26. The lowest BCUT2D eigenvalue weighted by Gasteiger charge is -2.19. The third-order valence-electron chi connectivity index (χ3n) is 5.13. The minimum atomic E-state index is -0.145. The molecule has 2 heterocycles. The fourth-order valence-corrected chi connectivity index (χ4v) is 4.84. The maximum atomic E-state index is 9.34. The molecule has 0 radical (unpaired) electrons. The molecule has 1 fully saturated rings. The zero-order chi connectivity index (χ0) is 17.9. The maximum absolute atomic E-state index is 9.34. The molecule has 0 unspecified atom stereocenters. The van der Waals surface area contributed by atoms with Crippen LogP contribution in [0.5, 0.6) is 0 Å². The molecule has 0 amide bonds. The van der Waals surface area contributed by atoms with Gasteiger partial charge in [0.2, 0.25) is 0 Å². The summed E-state index contributed by atoms with van der Waals surface area (Å²) in [6.45, 7) is 6.26. The molecule has 4 heteroatoms. The lowest BCUT2D eigenvalue weighted by atomic mass is 9.88. The fourth-order valence-electron chi connectivity index (χ4n) is 3.57. The topological polar surface area (TPSA) is 46.0 Å². The predicted molar refractivity (Wildman–Crippen MR) is 106 cm³/mol. The van der Waals surface area contributed by atoms with Crippen LogP contribution < -0.4 is 0 Å². The fraction of sp³-hybridized carbons (Fsp3) is 0.619. The zero-order valence-corrected chi connectivity index (χ0v) is 16.5. The van der Waals surface area contributed by atoms with E-state index in [9.17, 15) is 5.11 Å². The third kappa shape index (κ3) is 4.68. The monoisotopic (exact) mass is 358 g/mol. The van der Waals surface area contributed by atoms with Gasteiger partial charge in [-0.25, -0.2) is 9.97 Å². The van der Waals surface area contributed by atoms with E-state index in [4.69, 9.17) is 4.98 Å². The number of aliphatic hydroxyl groups is 1. The summed E-state index contributed by atoms with van der Waals surface area (Å²) in [4.78, 5) is 12.1. The molecule has 0 bridgehead atoms. The molecule has 1 N–H and O–H groups in total. The molecule has 0 atom stereocenters. The number of allylic oxidation sites excluding steroid dienone is 1. The first kappa shape index (κ1) is 18.5. The summed E-state index contributed by atoms with van der Waals surface area (Å²) in [5.74, 6) is 1.60. The summed E-state index contributed by atoms with van der Waals surface area (Å²) in [5, 5.41) is 10.6. The van der Waals surface area contributed by atoms with Crippen molar-refractivity contribution in [1.29, 1.82) is 0 Å². The molecule has 0 aromatic carbocycles. The smallest absolute Gasteiger partial charge is 0.127 e. The van der Waals surface area contributed by atoms with Crippen LogP contribution in [0, 0.1) is 12.3 Å². The van der Waals surface area contributed by atoms with Gasteiger partial charge in [0, 0.05) is 15.7 Å². The van der Waals surface area contributed by atoms with Gasteiger partial charge in [0.25, 0.3) is 0 Å². The Kier molecular flexibility index (Phi) is 5.90. The summed E-state index contributed by atoms with van der Waals surface area (Å²) >= 11 is 1.88. The van der Waals surface area contributed by atoms with E-state index < -0.39 is 0 Å². The van der Waals surface area contributed by atoms with Crippen molar-refractivity contribution < 1.29 is 5.11 Å². The van der Waals surface area contributed by atoms with Crippen LogP contribution in [0.1, 0.15) is 74.7 Å². The molecule has 1 aliphatic carbocycles. The van der Waals surface area contributed by atoms with Crippen molar-refractivity contribution >= 4 is 21.6 Å². The largest absolute Gasteiger partial charge is 0.395 e. The van der Waals surface area contributed by atoms with Gasteiger partial charge in [-0.1, -0.05) is 45.3 Å². The molecule has 2 aromatic heterocycles. The lowest BCUT2D eigenvalue weighted by molar-refractivity contribution is 0.199. The van der Waals surface area contributed by atoms with Gasteiger partial charge in [0.05, 0.1) is 12.3 Å². The molecule has 0 aliphatic heterocycles. The minimum absolute atomic E-state index is 0.145. The van der Waals surface area contributed by atoms with E-state index in [1.807, 2.05) is 32.1 Å². The predicted octanol–water partition coefficient (Wildman–Crippen LogP) is 5.55. The summed E-state index contributed by atoms with van der Waals surface area (Å²) < 4.78 is 0. The average molecular weight is 359 g/mol. The van der Waals surface area contributed by atoms with Crippen LogP contribution in [0.25, 0.3) is 10.2 Å². The number of aryl methyl sites for hydroxylation is 2. The first-order chi connectivity index (χ1) is 12.0. The summed E-state index contributed by atoms with van der Waals surface area (Å²) in [6.07, 6.45) is 12.9. The van der Waals surface area contributed by atoms with E-state index in [0.717, 1.165) is 29.4 Å². The molecule has 0 spiro atoms. The number of hydrogen-bond donors (Lipinski definition) is 1. The van der Waals surface area contributed by atoms with E-state index in [0.29, 0.717) is 0 Å². The van der Waals surface area contributed by atoms with Crippen molar-refractivity contribution in [2.75, 3.05) is 6.61 Å². The van der Waals surface area contributed by atoms with E-state index in [2.05, 4.69) is 23.2 Å². The van der Waals surface area contributed by atoms with E-state index >= 15 is 0 Å². The number of hydrogen-bond acceptors (Lipinski definition) is 4. The Morgan fingerprint density at radius 2 is 2.00 bits per heavy atom. The van der Waals surface area contributed by atoms with Gasteiger partial charge in [0.1, 0.15) is 10.7 Å². The van der Waals surface area contributed by atoms with Crippen molar-refractivity contribution in [3.8, 4) is 0 Å². The van der Waals surface area contributed by atoms with Gasteiger partial charge in [-0.2, -0.15) is 0 Å². The second-order valence-corrected chi connectivity index (χ2v) is 9.07. The van der Waals surface area contributed by atoms with Crippen LogP contribution in [0.4, 0.5) is 0 Å². The number of thiophene rings is 1. The molecular formula is C21H30N2OS. The average Bonchev–Trinajstić information content (AvgIpc) is 3.03. The molecule has 25 heavy (non-hydrogen) atoms. The number of aromatic nitrogens is 2. The minimum Gasteiger partial charge on any atom is -0.395 e. The standard InChI is InChI=1S/C21H30N2OS/c1-15-22-18(11-7-8-12-21(2,3)14-24)17-13-19(25-20(17)23-15)16-9-5-4-6-10-16/h8,12-13,16,24H,4-7,9-11,14H2,1-3H3/b12-8+. The Labute approximate surface area is 155 Å². The van der Waals surface area contributed by atoms with Gasteiger partial charge >= 0.3 is 0 Å².